The zero-order valence-corrected chi connectivity index (χ0v) is 14.9. The second-order valence-corrected chi connectivity index (χ2v) is 6.16. The average molecular weight is 362 g/mol. The zero-order valence-electron chi connectivity index (χ0n) is 14.9. The van der Waals surface area contributed by atoms with Crippen LogP contribution < -0.4 is 5.32 Å². The van der Waals surface area contributed by atoms with E-state index in [2.05, 4.69) is 5.32 Å². The van der Waals surface area contributed by atoms with Crippen molar-refractivity contribution in [3.8, 4) is 0 Å². The van der Waals surface area contributed by atoms with E-state index < -0.39 is 11.7 Å². The Morgan fingerprint density at radius 1 is 0.926 bits per heavy atom. The summed E-state index contributed by atoms with van der Waals surface area (Å²) in [5, 5.41) is 2.70. The molecule has 0 aromatic heterocycles. The first-order valence-electron chi connectivity index (χ1n) is 8.50. The minimum atomic E-state index is -0.491. The predicted molar refractivity (Wildman–Crippen MR) is 103 cm³/mol. The fraction of sp³-hybridized carbons (Fsp3) is 0.0909. The summed E-state index contributed by atoms with van der Waals surface area (Å²) in [5.74, 6) is -1.18. The van der Waals surface area contributed by atoms with Crippen LogP contribution in [0.15, 0.2) is 78.9 Å². The molecule has 0 unspecified atom stereocenters. The van der Waals surface area contributed by atoms with Crippen molar-refractivity contribution < 1.29 is 14.0 Å². The molecule has 0 heterocycles. The molecule has 0 saturated carbocycles. The fourth-order valence-corrected chi connectivity index (χ4v) is 2.74. The van der Waals surface area contributed by atoms with Crippen molar-refractivity contribution in [3.63, 3.8) is 0 Å². The Balaban J connectivity index is 1.79. The number of amides is 2. The molecular formula is C22H19FN2O2. The number of carbonyl (C=O) groups excluding carboxylic acids is 2. The van der Waals surface area contributed by atoms with Crippen molar-refractivity contribution in [2.24, 2.45) is 0 Å². The van der Waals surface area contributed by atoms with Crippen molar-refractivity contribution in [1.29, 1.82) is 0 Å². The summed E-state index contributed by atoms with van der Waals surface area (Å²) < 4.78 is 13.3. The number of nitrogens with one attached hydrogen (secondary N) is 1. The molecule has 0 aliphatic carbocycles. The zero-order chi connectivity index (χ0) is 19.2. The first kappa shape index (κ1) is 18.3. The lowest BCUT2D eigenvalue weighted by Crippen LogP contribution is -2.27. The summed E-state index contributed by atoms with van der Waals surface area (Å²) in [6.07, 6.45) is 0. The maximum Gasteiger partial charge on any atom is 0.256 e. The van der Waals surface area contributed by atoms with Crippen LogP contribution in [-0.2, 0) is 6.54 Å². The number of halogens is 1. The summed E-state index contributed by atoms with van der Waals surface area (Å²) in [4.78, 5) is 26.8. The van der Waals surface area contributed by atoms with Gasteiger partial charge in [0.1, 0.15) is 5.82 Å². The van der Waals surface area contributed by atoms with Gasteiger partial charge in [0.05, 0.1) is 11.3 Å². The van der Waals surface area contributed by atoms with Crippen LogP contribution in [0.4, 0.5) is 10.1 Å². The van der Waals surface area contributed by atoms with Gasteiger partial charge in [0.25, 0.3) is 11.8 Å². The van der Waals surface area contributed by atoms with E-state index in [1.165, 1.54) is 18.2 Å². The van der Waals surface area contributed by atoms with Gasteiger partial charge in [0.2, 0.25) is 0 Å². The molecule has 27 heavy (non-hydrogen) atoms. The maximum atomic E-state index is 13.3. The predicted octanol–water partition coefficient (Wildman–Crippen LogP) is 4.35. The van der Waals surface area contributed by atoms with Gasteiger partial charge < -0.3 is 10.2 Å². The monoisotopic (exact) mass is 362 g/mol. The van der Waals surface area contributed by atoms with Crippen LogP contribution in [0.5, 0.6) is 0 Å². The number of anilines is 1. The van der Waals surface area contributed by atoms with Gasteiger partial charge in [-0.25, -0.2) is 4.39 Å². The largest absolute Gasteiger partial charge is 0.337 e. The number of para-hydroxylation sites is 1. The van der Waals surface area contributed by atoms with Gasteiger partial charge in [-0.1, -0.05) is 48.5 Å². The Labute approximate surface area is 157 Å². The first-order chi connectivity index (χ1) is 13.0. The van der Waals surface area contributed by atoms with E-state index in [1.807, 2.05) is 30.3 Å². The highest BCUT2D eigenvalue weighted by atomic mass is 19.1. The Bertz CT molecular complexity index is 957. The quantitative estimate of drug-likeness (QED) is 0.734. The fourth-order valence-electron chi connectivity index (χ4n) is 2.74. The van der Waals surface area contributed by atoms with Crippen molar-refractivity contribution in [3.05, 3.63) is 101 Å². The minimum absolute atomic E-state index is 0.190. The van der Waals surface area contributed by atoms with Crippen LogP contribution in [-0.4, -0.2) is 23.8 Å². The number of carbonyl (C=O) groups is 2. The van der Waals surface area contributed by atoms with Crippen LogP contribution in [0.2, 0.25) is 0 Å². The molecule has 3 aromatic rings. The number of benzene rings is 3. The third-order valence-corrected chi connectivity index (χ3v) is 4.10. The lowest BCUT2D eigenvalue weighted by Gasteiger charge is -2.19. The molecule has 0 atom stereocenters. The Kier molecular flexibility index (Phi) is 5.61. The highest BCUT2D eigenvalue weighted by molar-refractivity contribution is 6.08. The smallest absolute Gasteiger partial charge is 0.256 e. The van der Waals surface area contributed by atoms with Crippen molar-refractivity contribution in [2.75, 3.05) is 12.4 Å². The minimum Gasteiger partial charge on any atom is -0.337 e. The SMILES string of the molecule is CN(Cc1ccccc1)C(=O)c1ccccc1NC(=O)c1cccc(F)c1. The van der Waals surface area contributed by atoms with Crippen LogP contribution >= 0.6 is 0 Å². The van der Waals surface area contributed by atoms with Crippen LogP contribution in [0.3, 0.4) is 0 Å². The maximum absolute atomic E-state index is 13.3. The summed E-state index contributed by atoms with van der Waals surface area (Å²) in [6, 6.07) is 21.8. The lowest BCUT2D eigenvalue weighted by atomic mass is 10.1. The van der Waals surface area contributed by atoms with Gasteiger partial charge in [0, 0.05) is 19.2 Å². The molecule has 5 heteroatoms. The molecule has 136 valence electrons. The summed E-state index contributed by atoms with van der Waals surface area (Å²) >= 11 is 0. The summed E-state index contributed by atoms with van der Waals surface area (Å²) in [5.41, 5.74) is 1.96. The Hall–Kier alpha value is -3.47. The average Bonchev–Trinajstić information content (AvgIpc) is 2.68. The Morgan fingerprint density at radius 3 is 2.37 bits per heavy atom. The van der Waals surface area contributed by atoms with Crippen molar-refractivity contribution in [1.82, 2.24) is 4.90 Å². The summed E-state index contributed by atoms with van der Waals surface area (Å²) in [7, 11) is 1.71. The van der Waals surface area contributed by atoms with Gasteiger partial charge in [0.15, 0.2) is 0 Å². The van der Waals surface area contributed by atoms with E-state index in [4.69, 9.17) is 0 Å². The van der Waals surface area contributed by atoms with E-state index in [1.54, 1.807) is 36.2 Å². The molecule has 0 spiro atoms. The molecule has 3 aromatic carbocycles. The van der Waals surface area contributed by atoms with Crippen LogP contribution in [0, 0.1) is 5.82 Å². The molecule has 0 fully saturated rings. The van der Waals surface area contributed by atoms with E-state index in [9.17, 15) is 14.0 Å². The van der Waals surface area contributed by atoms with Crippen molar-refractivity contribution in [2.45, 2.75) is 6.54 Å². The van der Waals surface area contributed by atoms with Gasteiger partial charge in [-0.15, -0.1) is 0 Å². The number of rotatable bonds is 5. The normalized spacial score (nSPS) is 10.3. The first-order valence-corrected chi connectivity index (χ1v) is 8.50. The second kappa shape index (κ2) is 8.27. The third-order valence-electron chi connectivity index (χ3n) is 4.10. The highest BCUT2D eigenvalue weighted by Crippen LogP contribution is 2.19. The number of hydrogen-bond acceptors (Lipinski definition) is 2. The van der Waals surface area contributed by atoms with E-state index >= 15 is 0 Å². The van der Waals surface area contributed by atoms with Crippen LogP contribution in [0.25, 0.3) is 0 Å². The molecule has 0 radical (unpaired) electrons. The summed E-state index contributed by atoms with van der Waals surface area (Å²) in [6.45, 7) is 0.450. The lowest BCUT2D eigenvalue weighted by molar-refractivity contribution is 0.0786. The van der Waals surface area contributed by atoms with Crippen molar-refractivity contribution >= 4 is 17.5 Å². The van der Waals surface area contributed by atoms with Gasteiger partial charge in [-0.3, -0.25) is 9.59 Å². The topological polar surface area (TPSA) is 49.4 Å². The van der Waals surface area contributed by atoms with E-state index in [-0.39, 0.29) is 11.5 Å². The molecule has 0 saturated heterocycles. The molecule has 0 bridgehead atoms. The van der Waals surface area contributed by atoms with Gasteiger partial charge >= 0.3 is 0 Å². The van der Waals surface area contributed by atoms with Gasteiger partial charge in [-0.2, -0.15) is 0 Å². The second-order valence-electron chi connectivity index (χ2n) is 6.16. The molecule has 3 rings (SSSR count). The molecular weight excluding hydrogens is 343 g/mol. The molecule has 4 nitrogen and oxygen atoms in total. The number of hydrogen-bond donors (Lipinski definition) is 1. The van der Waals surface area contributed by atoms with Crippen LogP contribution in [0.1, 0.15) is 26.3 Å². The standard InChI is InChI=1S/C22H19FN2O2/c1-25(15-16-8-3-2-4-9-16)22(27)19-12-5-6-13-20(19)24-21(26)17-10-7-11-18(23)14-17/h2-14H,15H2,1H3,(H,24,26). The van der Waals surface area contributed by atoms with E-state index in [0.717, 1.165) is 11.6 Å². The number of nitrogens with zero attached hydrogens (tertiary/aromatic N) is 1. The van der Waals surface area contributed by atoms with E-state index in [0.29, 0.717) is 17.8 Å². The molecule has 0 aliphatic rings. The molecule has 0 aliphatic heterocycles. The molecule has 1 N–H and O–H groups in total. The Morgan fingerprint density at radius 2 is 1.63 bits per heavy atom. The molecule has 2 amide bonds. The highest BCUT2D eigenvalue weighted by Gasteiger charge is 2.17. The third kappa shape index (κ3) is 4.58. The van der Waals surface area contributed by atoms with Gasteiger partial charge in [-0.05, 0) is 35.9 Å².